The highest BCUT2D eigenvalue weighted by molar-refractivity contribution is 6.36. The van der Waals surface area contributed by atoms with Crippen LogP contribution in [0.5, 0.6) is 0 Å². The molecule has 20 heavy (non-hydrogen) atoms. The summed E-state index contributed by atoms with van der Waals surface area (Å²) in [6.45, 7) is 3.01. The maximum Gasteiger partial charge on any atom is 0.252 e. The summed E-state index contributed by atoms with van der Waals surface area (Å²) >= 11 is 11.8. The van der Waals surface area contributed by atoms with Crippen molar-refractivity contribution >= 4 is 29.1 Å². The van der Waals surface area contributed by atoms with Crippen LogP contribution in [0.15, 0.2) is 18.2 Å². The van der Waals surface area contributed by atoms with Crippen LogP contribution in [0.3, 0.4) is 0 Å². The summed E-state index contributed by atoms with van der Waals surface area (Å²) in [5.74, 6) is 0.590. The zero-order chi connectivity index (χ0) is 14.5. The standard InChI is InChI=1S/C15H20Cl2N2O/c1-19-8-5-11(6-9-19)4-7-18-15(20)13-3-2-12(16)10-14(13)17/h2-3,10-11H,4-9H2,1H3,(H,18,20). The molecule has 5 heteroatoms. The molecule has 0 saturated carbocycles. The molecule has 1 fully saturated rings. The maximum absolute atomic E-state index is 12.0. The van der Waals surface area contributed by atoms with Crippen LogP contribution >= 0.6 is 23.2 Å². The molecule has 3 nitrogen and oxygen atoms in total. The number of halogens is 2. The molecule has 1 aromatic carbocycles. The Bertz CT molecular complexity index is 471. The Labute approximate surface area is 130 Å². The lowest BCUT2D eigenvalue weighted by Crippen LogP contribution is -2.32. The molecular formula is C15H20Cl2N2O. The number of piperidine rings is 1. The lowest BCUT2D eigenvalue weighted by atomic mass is 9.94. The van der Waals surface area contributed by atoms with Crippen LogP contribution in [-0.4, -0.2) is 37.5 Å². The Balaban J connectivity index is 1.77. The highest BCUT2D eigenvalue weighted by Crippen LogP contribution is 2.21. The molecule has 0 radical (unpaired) electrons. The zero-order valence-electron chi connectivity index (χ0n) is 11.7. The van der Waals surface area contributed by atoms with Gasteiger partial charge < -0.3 is 10.2 Å². The monoisotopic (exact) mass is 314 g/mol. The molecule has 0 unspecified atom stereocenters. The second-order valence-electron chi connectivity index (χ2n) is 5.42. The Hall–Kier alpha value is -0.770. The van der Waals surface area contributed by atoms with Gasteiger partial charge in [0.1, 0.15) is 0 Å². The van der Waals surface area contributed by atoms with Crippen molar-refractivity contribution in [2.24, 2.45) is 5.92 Å². The fraction of sp³-hybridized carbons (Fsp3) is 0.533. The molecular weight excluding hydrogens is 295 g/mol. The molecule has 2 rings (SSSR count). The second kappa shape index (κ2) is 7.30. The van der Waals surface area contributed by atoms with Crippen LogP contribution < -0.4 is 5.32 Å². The first kappa shape index (κ1) is 15.6. The summed E-state index contributed by atoms with van der Waals surface area (Å²) in [6, 6.07) is 4.93. The quantitative estimate of drug-likeness (QED) is 0.923. The molecule has 0 atom stereocenters. The van der Waals surface area contributed by atoms with Crippen LogP contribution in [-0.2, 0) is 0 Å². The van der Waals surface area contributed by atoms with Crippen LogP contribution in [0, 0.1) is 5.92 Å². The number of carbonyl (C=O) groups is 1. The Kier molecular flexibility index (Phi) is 5.70. The van der Waals surface area contributed by atoms with Gasteiger partial charge in [-0.05, 0) is 63.5 Å². The summed E-state index contributed by atoms with van der Waals surface area (Å²) < 4.78 is 0. The first-order valence-corrected chi connectivity index (χ1v) is 7.73. The number of hydrogen-bond acceptors (Lipinski definition) is 2. The summed E-state index contributed by atoms with van der Waals surface area (Å²) in [7, 11) is 2.15. The number of amides is 1. The van der Waals surface area contributed by atoms with Crippen molar-refractivity contribution in [1.29, 1.82) is 0 Å². The second-order valence-corrected chi connectivity index (χ2v) is 6.26. The van der Waals surface area contributed by atoms with E-state index in [1.54, 1.807) is 18.2 Å². The van der Waals surface area contributed by atoms with Crippen molar-refractivity contribution in [3.05, 3.63) is 33.8 Å². The average molecular weight is 315 g/mol. The van der Waals surface area contributed by atoms with Gasteiger partial charge in [-0.1, -0.05) is 23.2 Å². The van der Waals surface area contributed by atoms with Crippen molar-refractivity contribution in [2.45, 2.75) is 19.3 Å². The smallest absolute Gasteiger partial charge is 0.252 e. The zero-order valence-corrected chi connectivity index (χ0v) is 13.2. The van der Waals surface area contributed by atoms with E-state index >= 15 is 0 Å². The van der Waals surface area contributed by atoms with Crippen LogP contribution in [0.4, 0.5) is 0 Å². The molecule has 110 valence electrons. The van der Waals surface area contributed by atoms with Crippen molar-refractivity contribution in [2.75, 3.05) is 26.7 Å². The fourth-order valence-corrected chi connectivity index (χ4v) is 3.00. The Morgan fingerprint density at radius 1 is 1.35 bits per heavy atom. The highest BCUT2D eigenvalue weighted by atomic mass is 35.5. The summed E-state index contributed by atoms with van der Waals surface area (Å²) in [6.07, 6.45) is 3.47. The number of hydrogen-bond donors (Lipinski definition) is 1. The topological polar surface area (TPSA) is 32.3 Å². The third-order valence-electron chi connectivity index (χ3n) is 3.85. The molecule has 0 bridgehead atoms. The first-order valence-electron chi connectivity index (χ1n) is 6.98. The molecule has 1 saturated heterocycles. The normalized spacial score (nSPS) is 17.1. The minimum absolute atomic E-state index is 0.125. The summed E-state index contributed by atoms with van der Waals surface area (Å²) in [5, 5.41) is 3.87. The highest BCUT2D eigenvalue weighted by Gasteiger charge is 2.17. The fourth-order valence-electron chi connectivity index (χ4n) is 2.51. The van der Waals surface area contributed by atoms with Gasteiger partial charge in [0.05, 0.1) is 10.6 Å². The van der Waals surface area contributed by atoms with Crippen molar-refractivity contribution in [3.8, 4) is 0 Å². The van der Waals surface area contributed by atoms with E-state index < -0.39 is 0 Å². The van der Waals surface area contributed by atoms with Gasteiger partial charge in [-0.2, -0.15) is 0 Å². The van der Waals surface area contributed by atoms with Crippen LogP contribution in [0.2, 0.25) is 10.0 Å². The van der Waals surface area contributed by atoms with Gasteiger partial charge in [0.25, 0.3) is 5.91 Å². The van der Waals surface area contributed by atoms with E-state index in [1.165, 1.54) is 12.8 Å². The predicted molar refractivity (Wildman–Crippen MR) is 83.6 cm³/mol. The number of benzene rings is 1. The average Bonchev–Trinajstić information content (AvgIpc) is 2.41. The maximum atomic E-state index is 12.0. The van der Waals surface area contributed by atoms with Crippen molar-refractivity contribution in [1.82, 2.24) is 10.2 Å². The lowest BCUT2D eigenvalue weighted by Gasteiger charge is -2.28. The molecule has 1 amide bonds. The molecule has 1 heterocycles. The van der Waals surface area contributed by atoms with Gasteiger partial charge >= 0.3 is 0 Å². The first-order chi connectivity index (χ1) is 9.56. The SMILES string of the molecule is CN1CCC(CCNC(=O)c2ccc(Cl)cc2Cl)CC1. The number of nitrogens with zero attached hydrogens (tertiary/aromatic N) is 1. The lowest BCUT2D eigenvalue weighted by molar-refractivity contribution is 0.0949. The third-order valence-corrected chi connectivity index (χ3v) is 4.40. The Morgan fingerprint density at radius 3 is 2.70 bits per heavy atom. The summed E-state index contributed by atoms with van der Waals surface area (Å²) in [5.41, 5.74) is 0.486. The number of likely N-dealkylation sites (tertiary alicyclic amines) is 1. The molecule has 1 aromatic rings. The molecule has 1 aliphatic rings. The van der Waals surface area contributed by atoms with Gasteiger partial charge in [-0.25, -0.2) is 0 Å². The number of carbonyl (C=O) groups excluding carboxylic acids is 1. The van der Waals surface area contributed by atoms with E-state index in [2.05, 4.69) is 17.3 Å². The Morgan fingerprint density at radius 2 is 2.05 bits per heavy atom. The van der Waals surface area contributed by atoms with Gasteiger partial charge in [-0.3, -0.25) is 4.79 Å². The molecule has 0 spiro atoms. The van der Waals surface area contributed by atoms with Gasteiger partial charge in [0.15, 0.2) is 0 Å². The van der Waals surface area contributed by atoms with E-state index in [0.717, 1.165) is 19.5 Å². The molecule has 1 aliphatic heterocycles. The van der Waals surface area contributed by atoms with Crippen LogP contribution in [0.25, 0.3) is 0 Å². The predicted octanol–water partition coefficient (Wildman–Crippen LogP) is 3.46. The largest absolute Gasteiger partial charge is 0.352 e. The van der Waals surface area contributed by atoms with E-state index in [0.29, 0.717) is 28.1 Å². The molecule has 0 aromatic heterocycles. The molecule has 0 aliphatic carbocycles. The van der Waals surface area contributed by atoms with E-state index in [-0.39, 0.29) is 5.91 Å². The van der Waals surface area contributed by atoms with Crippen LogP contribution in [0.1, 0.15) is 29.6 Å². The van der Waals surface area contributed by atoms with E-state index in [4.69, 9.17) is 23.2 Å². The third kappa shape index (κ3) is 4.37. The van der Waals surface area contributed by atoms with E-state index in [9.17, 15) is 4.79 Å². The van der Waals surface area contributed by atoms with Gasteiger partial charge in [0, 0.05) is 11.6 Å². The van der Waals surface area contributed by atoms with Crippen molar-refractivity contribution < 1.29 is 4.79 Å². The van der Waals surface area contributed by atoms with Crippen molar-refractivity contribution in [3.63, 3.8) is 0 Å². The molecule has 1 N–H and O–H groups in total. The number of nitrogens with one attached hydrogen (secondary N) is 1. The minimum Gasteiger partial charge on any atom is -0.352 e. The minimum atomic E-state index is -0.125. The summed E-state index contributed by atoms with van der Waals surface area (Å²) in [4.78, 5) is 14.4. The van der Waals surface area contributed by atoms with E-state index in [1.807, 2.05) is 0 Å². The number of rotatable bonds is 4. The van der Waals surface area contributed by atoms with Gasteiger partial charge in [-0.15, -0.1) is 0 Å². The van der Waals surface area contributed by atoms with Gasteiger partial charge in [0.2, 0.25) is 0 Å².